The second kappa shape index (κ2) is 8.21. The summed E-state index contributed by atoms with van der Waals surface area (Å²) in [6.45, 7) is 4.71. The summed E-state index contributed by atoms with van der Waals surface area (Å²) in [6.07, 6.45) is 0. The lowest BCUT2D eigenvalue weighted by atomic mass is 10.2. The fourth-order valence-electron chi connectivity index (χ4n) is 1.60. The van der Waals surface area contributed by atoms with Gasteiger partial charge in [-0.05, 0) is 37.6 Å². The Bertz CT molecular complexity index is 515. The number of benzene rings is 1. The number of ether oxygens (including phenoxy) is 2. The monoisotopic (exact) mass is 303 g/mol. The molecule has 0 spiro atoms. The number of aryl methyl sites for hydroxylation is 1. The first-order valence-corrected chi connectivity index (χ1v) is 7.91. The van der Waals surface area contributed by atoms with Crippen molar-refractivity contribution >= 4 is 10.0 Å². The summed E-state index contributed by atoms with van der Waals surface area (Å²) in [5, 5.41) is 8.53. The van der Waals surface area contributed by atoms with Crippen LogP contribution in [0.4, 0.5) is 0 Å². The van der Waals surface area contributed by atoms with Crippen molar-refractivity contribution in [2.45, 2.75) is 18.7 Å². The molecule has 0 atom stereocenters. The van der Waals surface area contributed by atoms with Crippen molar-refractivity contribution < 1.29 is 23.0 Å². The zero-order valence-corrected chi connectivity index (χ0v) is 12.6. The molecule has 114 valence electrons. The van der Waals surface area contributed by atoms with Gasteiger partial charge in [0.1, 0.15) is 5.75 Å². The number of aliphatic hydroxyl groups excluding tert-OH is 1. The van der Waals surface area contributed by atoms with Gasteiger partial charge in [0.2, 0.25) is 10.0 Å². The predicted octanol–water partition coefficient (Wildman–Crippen LogP) is 0.681. The fourth-order valence-corrected chi connectivity index (χ4v) is 2.70. The van der Waals surface area contributed by atoms with Crippen molar-refractivity contribution in [3.8, 4) is 5.75 Å². The molecule has 0 aliphatic carbocycles. The Morgan fingerprint density at radius 2 is 2.05 bits per heavy atom. The van der Waals surface area contributed by atoms with E-state index in [4.69, 9.17) is 14.6 Å². The van der Waals surface area contributed by atoms with Gasteiger partial charge in [-0.3, -0.25) is 0 Å². The van der Waals surface area contributed by atoms with Gasteiger partial charge >= 0.3 is 0 Å². The van der Waals surface area contributed by atoms with Crippen LogP contribution in [0.1, 0.15) is 12.5 Å². The van der Waals surface area contributed by atoms with Gasteiger partial charge < -0.3 is 14.6 Å². The molecule has 6 nitrogen and oxygen atoms in total. The minimum atomic E-state index is -3.55. The topological polar surface area (TPSA) is 84.9 Å². The number of hydrogen-bond donors (Lipinski definition) is 2. The van der Waals surface area contributed by atoms with Crippen LogP contribution in [0.15, 0.2) is 23.1 Å². The highest BCUT2D eigenvalue weighted by Gasteiger charge is 2.14. The zero-order chi connectivity index (χ0) is 15.0. The summed E-state index contributed by atoms with van der Waals surface area (Å²) < 4.78 is 36.9. The molecule has 0 saturated heterocycles. The highest BCUT2D eigenvalue weighted by atomic mass is 32.2. The van der Waals surface area contributed by atoms with E-state index in [1.807, 2.05) is 6.92 Å². The van der Waals surface area contributed by atoms with E-state index >= 15 is 0 Å². The van der Waals surface area contributed by atoms with Gasteiger partial charge in [0.15, 0.2) is 0 Å². The molecule has 0 heterocycles. The molecule has 1 aromatic rings. The highest BCUT2D eigenvalue weighted by molar-refractivity contribution is 7.89. The van der Waals surface area contributed by atoms with E-state index in [0.29, 0.717) is 12.4 Å². The van der Waals surface area contributed by atoms with E-state index in [2.05, 4.69) is 4.72 Å². The Balaban J connectivity index is 2.65. The van der Waals surface area contributed by atoms with Crippen molar-refractivity contribution in [1.29, 1.82) is 0 Å². The Hall–Kier alpha value is -1.15. The molecule has 0 aliphatic heterocycles. The molecular formula is C13H21NO5S. The number of sulfonamides is 1. The Morgan fingerprint density at radius 3 is 2.65 bits per heavy atom. The molecule has 0 aliphatic rings. The van der Waals surface area contributed by atoms with Crippen LogP contribution in [0.2, 0.25) is 0 Å². The van der Waals surface area contributed by atoms with E-state index < -0.39 is 10.0 Å². The Kier molecular flexibility index (Phi) is 6.94. The van der Waals surface area contributed by atoms with Crippen molar-refractivity contribution in [1.82, 2.24) is 4.72 Å². The average molecular weight is 303 g/mol. The van der Waals surface area contributed by atoms with Gasteiger partial charge in [-0.25, -0.2) is 13.1 Å². The molecule has 1 aromatic carbocycles. The minimum absolute atomic E-state index is 0.0785. The summed E-state index contributed by atoms with van der Waals surface area (Å²) in [6, 6.07) is 4.73. The Labute approximate surface area is 119 Å². The third kappa shape index (κ3) is 5.09. The minimum Gasteiger partial charge on any atom is -0.494 e. The molecule has 2 N–H and O–H groups in total. The Morgan fingerprint density at radius 1 is 1.30 bits per heavy atom. The molecule has 7 heteroatoms. The van der Waals surface area contributed by atoms with E-state index in [1.54, 1.807) is 19.1 Å². The number of rotatable bonds is 9. The average Bonchev–Trinajstić information content (AvgIpc) is 2.41. The lowest BCUT2D eigenvalue weighted by Gasteiger charge is -2.10. The zero-order valence-electron chi connectivity index (χ0n) is 11.8. The normalized spacial score (nSPS) is 11.6. The van der Waals surface area contributed by atoms with E-state index in [1.165, 1.54) is 6.07 Å². The quantitative estimate of drug-likeness (QED) is 0.655. The first-order chi connectivity index (χ1) is 9.51. The summed E-state index contributed by atoms with van der Waals surface area (Å²) in [4.78, 5) is 0.195. The predicted molar refractivity (Wildman–Crippen MR) is 75.4 cm³/mol. The molecule has 0 amide bonds. The van der Waals surface area contributed by atoms with Crippen LogP contribution < -0.4 is 9.46 Å². The van der Waals surface area contributed by atoms with E-state index in [0.717, 1.165) is 5.56 Å². The second-order valence-electron chi connectivity index (χ2n) is 4.09. The van der Waals surface area contributed by atoms with Crippen LogP contribution in [0.25, 0.3) is 0 Å². The fraction of sp³-hybridized carbons (Fsp3) is 0.538. The van der Waals surface area contributed by atoms with Crippen molar-refractivity contribution in [2.75, 3.05) is 33.0 Å². The maximum absolute atomic E-state index is 12.0. The molecule has 0 unspecified atom stereocenters. The SMILES string of the molecule is CCOc1ccc(S(=O)(=O)NCCOCCO)cc1C. The van der Waals surface area contributed by atoms with Crippen LogP contribution in [0.3, 0.4) is 0 Å². The molecule has 0 aromatic heterocycles. The first kappa shape index (κ1) is 16.9. The molecule has 0 bridgehead atoms. The highest BCUT2D eigenvalue weighted by Crippen LogP contribution is 2.21. The molecular weight excluding hydrogens is 282 g/mol. The lowest BCUT2D eigenvalue weighted by Crippen LogP contribution is -2.27. The van der Waals surface area contributed by atoms with E-state index in [9.17, 15) is 8.42 Å². The summed E-state index contributed by atoms with van der Waals surface area (Å²) in [7, 11) is -3.55. The smallest absolute Gasteiger partial charge is 0.240 e. The van der Waals surface area contributed by atoms with Crippen LogP contribution in [-0.2, 0) is 14.8 Å². The van der Waals surface area contributed by atoms with Crippen molar-refractivity contribution in [3.05, 3.63) is 23.8 Å². The van der Waals surface area contributed by atoms with Gasteiger partial charge in [-0.15, -0.1) is 0 Å². The van der Waals surface area contributed by atoms with Crippen LogP contribution in [-0.4, -0.2) is 46.5 Å². The number of aliphatic hydroxyl groups is 1. The van der Waals surface area contributed by atoms with Gasteiger partial charge in [-0.1, -0.05) is 0 Å². The molecule has 0 fully saturated rings. The largest absolute Gasteiger partial charge is 0.494 e. The van der Waals surface area contributed by atoms with Crippen molar-refractivity contribution in [3.63, 3.8) is 0 Å². The van der Waals surface area contributed by atoms with Gasteiger partial charge in [-0.2, -0.15) is 0 Å². The summed E-state index contributed by atoms with van der Waals surface area (Å²) in [5.74, 6) is 0.678. The van der Waals surface area contributed by atoms with Gasteiger partial charge in [0, 0.05) is 6.54 Å². The molecule has 0 saturated carbocycles. The second-order valence-corrected chi connectivity index (χ2v) is 5.86. The maximum Gasteiger partial charge on any atom is 0.240 e. The molecule has 0 radical (unpaired) electrons. The lowest BCUT2D eigenvalue weighted by molar-refractivity contribution is 0.0961. The maximum atomic E-state index is 12.0. The van der Waals surface area contributed by atoms with Crippen LogP contribution >= 0.6 is 0 Å². The summed E-state index contributed by atoms with van der Waals surface area (Å²) in [5.41, 5.74) is 0.770. The van der Waals surface area contributed by atoms with Gasteiger partial charge in [0.05, 0.1) is 31.3 Å². The third-order valence-corrected chi connectivity index (χ3v) is 3.99. The number of nitrogens with one attached hydrogen (secondary N) is 1. The molecule has 20 heavy (non-hydrogen) atoms. The molecule has 1 rings (SSSR count). The summed E-state index contributed by atoms with van der Waals surface area (Å²) >= 11 is 0. The van der Waals surface area contributed by atoms with Crippen LogP contribution in [0.5, 0.6) is 5.75 Å². The van der Waals surface area contributed by atoms with Crippen LogP contribution in [0, 0.1) is 6.92 Å². The van der Waals surface area contributed by atoms with E-state index in [-0.39, 0.29) is 31.3 Å². The first-order valence-electron chi connectivity index (χ1n) is 6.43. The van der Waals surface area contributed by atoms with Crippen molar-refractivity contribution in [2.24, 2.45) is 0 Å². The third-order valence-electron chi connectivity index (χ3n) is 2.53. The number of hydrogen-bond acceptors (Lipinski definition) is 5. The van der Waals surface area contributed by atoms with Gasteiger partial charge in [0.25, 0.3) is 0 Å². The standard InChI is InChI=1S/C13H21NO5S/c1-3-19-13-5-4-12(10-11(13)2)20(16,17)14-6-8-18-9-7-15/h4-5,10,14-15H,3,6-9H2,1-2H3.